The molecule has 1 aliphatic heterocycles. The maximum Gasteiger partial charge on any atom is 0.268 e. The molecule has 4 nitrogen and oxygen atoms in total. The SMILES string of the molecule is CC(C)(C)c1ccc2c3ccc(C(C)(C)C)cc3n(-c3cccc4c3C(=O)N(c3ccc(-c5ccccc5)cc3)C4=O)c2c1. The lowest BCUT2D eigenvalue weighted by atomic mass is 9.86. The molecular weight excluding hydrogens is 540 g/mol. The van der Waals surface area contributed by atoms with Crippen LogP contribution in [-0.4, -0.2) is 16.4 Å². The molecule has 4 heteroatoms. The number of aromatic nitrogens is 1. The minimum absolute atomic E-state index is 0.0564. The van der Waals surface area contributed by atoms with Crippen molar-refractivity contribution in [3.8, 4) is 16.8 Å². The van der Waals surface area contributed by atoms with Crippen molar-refractivity contribution in [1.29, 1.82) is 0 Å². The zero-order chi connectivity index (χ0) is 31.0. The van der Waals surface area contributed by atoms with Gasteiger partial charge in [0.1, 0.15) is 0 Å². The Morgan fingerprint density at radius 1 is 0.523 bits per heavy atom. The Hall–Kier alpha value is -4.96. The van der Waals surface area contributed by atoms with E-state index in [9.17, 15) is 9.59 Å². The van der Waals surface area contributed by atoms with Gasteiger partial charge in [0, 0.05) is 10.8 Å². The molecule has 0 saturated heterocycles. The highest BCUT2D eigenvalue weighted by Gasteiger charge is 2.39. The van der Waals surface area contributed by atoms with Crippen LogP contribution in [0.3, 0.4) is 0 Å². The Labute approximate surface area is 258 Å². The van der Waals surface area contributed by atoms with Crippen molar-refractivity contribution < 1.29 is 9.59 Å². The lowest BCUT2D eigenvalue weighted by molar-refractivity contribution is 0.0926. The summed E-state index contributed by atoms with van der Waals surface area (Å²) in [6, 6.07) is 36.6. The van der Waals surface area contributed by atoms with Crippen LogP contribution in [-0.2, 0) is 10.8 Å². The van der Waals surface area contributed by atoms with E-state index in [1.165, 1.54) is 16.0 Å². The van der Waals surface area contributed by atoms with Crippen molar-refractivity contribution >= 4 is 39.3 Å². The Balaban J connectivity index is 1.43. The molecule has 7 rings (SSSR count). The second-order valence-electron chi connectivity index (χ2n) is 13.9. The van der Waals surface area contributed by atoms with Gasteiger partial charge >= 0.3 is 0 Å². The number of rotatable bonds is 3. The van der Waals surface area contributed by atoms with E-state index < -0.39 is 0 Å². The van der Waals surface area contributed by atoms with Gasteiger partial charge < -0.3 is 4.57 Å². The minimum Gasteiger partial charge on any atom is -0.308 e. The van der Waals surface area contributed by atoms with E-state index in [2.05, 4.69) is 82.5 Å². The van der Waals surface area contributed by atoms with Gasteiger partial charge in [-0.1, -0.05) is 114 Å². The normalized spacial score (nSPS) is 13.7. The van der Waals surface area contributed by atoms with E-state index in [-0.39, 0.29) is 22.6 Å². The highest BCUT2D eigenvalue weighted by molar-refractivity contribution is 6.35. The predicted molar refractivity (Wildman–Crippen MR) is 181 cm³/mol. The third-order valence-electron chi connectivity index (χ3n) is 8.87. The molecule has 0 atom stereocenters. The number of benzene rings is 5. The smallest absolute Gasteiger partial charge is 0.268 e. The first-order valence-corrected chi connectivity index (χ1v) is 15.2. The molecule has 44 heavy (non-hydrogen) atoms. The number of fused-ring (bicyclic) bond motifs is 4. The molecule has 1 aromatic heterocycles. The summed E-state index contributed by atoms with van der Waals surface area (Å²) in [5, 5.41) is 2.24. The summed E-state index contributed by atoms with van der Waals surface area (Å²) in [4.78, 5) is 29.5. The van der Waals surface area contributed by atoms with E-state index in [1.807, 2.05) is 66.7 Å². The van der Waals surface area contributed by atoms with E-state index >= 15 is 0 Å². The van der Waals surface area contributed by atoms with Crippen molar-refractivity contribution in [2.45, 2.75) is 52.4 Å². The summed E-state index contributed by atoms with van der Waals surface area (Å²) in [6.07, 6.45) is 0. The monoisotopic (exact) mass is 576 g/mol. The molecule has 0 spiro atoms. The molecule has 1 aliphatic rings. The molecule has 0 saturated carbocycles. The number of anilines is 1. The molecule has 218 valence electrons. The highest BCUT2D eigenvalue weighted by Crippen LogP contribution is 2.40. The number of nitrogens with zero attached hydrogens (tertiary/aromatic N) is 2. The maximum atomic E-state index is 14.3. The standard InChI is InChI=1S/C40H36N2O2/c1-39(2,3)27-17-21-30-31-22-18-28(40(4,5)6)24-35(31)42(34(30)23-27)33-14-10-13-32-36(33)38(44)41(37(32)43)29-19-15-26(16-20-29)25-11-8-7-9-12-25/h7-24H,1-6H3. The Morgan fingerprint density at radius 2 is 1.07 bits per heavy atom. The van der Waals surface area contributed by atoms with E-state index in [0.717, 1.165) is 38.6 Å². The van der Waals surface area contributed by atoms with Gasteiger partial charge in [0.25, 0.3) is 11.8 Å². The van der Waals surface area contributed by atoms with Crippen LogP contribution in [0.25, 0.3) is 38.6 Å². The van der Waals surface area contributed by atoms with Gasteiger partial charge in [-0.15, -0.1) is 0 Å². The number of hydrogen-bond donors (Lipinski definition) is 0. The van der Waals surface area contributed by atoms with Gasteiger partial charge in [-0.3, -0.25) is 9.59 Å². The molecule has 5 aromatic carbocycles. The molecule has 0 radical (unpaired) electrons. The van der Waals surface area contributed by atoms with Crippen LogP contribution in [0.5, 0.6) is 0 Å². The topological polar surface area (TPSA) is 42.3 Å². The summed E-state index contributed by atoms with van der Waals surface area (Å²) in [5.41, 5.74) is 8.62. The van der Waals surface area contributed by atoms with Crippen molar-refractivity contribution in [3.05, 3.63) is 131 Å². The van der Waals surface area contributed by atoms with Gasteiger partial charge in [0.05, 0.1) is 33.5 Å². The summed E-state index contributed by atoms with van der Waals surface area (Å²) in [7, 11) is 0. The number of amides is 2. The molecule has 2 heterocycles. The third kappa shape index (κ3) is 4.36. The van der Waals surface area contributed by atoms with E-state index in [0.29, 0.717) is 16.8 Å². The summed E-state index contributed by atoms with van der Waals surface area (Å²) < 4.78 is 2.20. The van der Waals surface area contributed by atoms with Crippen molar-refractivity contribution in [3.63, 3.8) is 0 Å². The van der Waals surface area contributed by atoms with Gasteiger partial charge in [0.2, 0.25) is 0 Å². The highest BCUT2D eigenvalue weighted by atomic mass is 16.2. The third-order valence-corrected chi connectivity index (χ3v) is 8.87. The lowest BCUT2D eigenvalue weighted by Crippen LogP contribution is -2.29. The van der Waals surface area contributed by atoms with Crippen molar-refractivity contribution in [2.75, 3.05) is 4.90 Å². The molecule has 2 amide bonds. The molecular formula is C40H36N2O2. The van der Waals surface area contributed by atoms with Crippen LogP contribution >= 0.6 is 0 Å². The molecule has 0 unspecified atom stereocenters. The maximum absolute atomic E-state index is 14.3. The van der Waals surface area contributed by atoms with Crippen LogP contribution in [0.15, 0.2) is 109 Å². The predicted octanol–water partition coefficient (Wildman–Crippen LogP) is 9.85. The van der Waals surface area contributed by atoms with Gasteiger partial charge in [-0.25, -0.2) is 4.90 Å². The fraction of sp³-hybridized carbons (Fsp3) is 0.200. The fourth-order valence-electron chi connectivity index (χ4n) is 6.33. The molecule has 0 N–H and O–H groups in total. The second-order valence-corrected chi connectivity index (χ2v) is 13.9. The minimum atomic E-state index is -0.304. The Kier molecular flexibility index (Phi) is 6.19. The first-order chi connectivity index (χ1) is 20.9. The first-order valence-electron chi connectivity index (χ1n) is 15.2. The summed E-state index contributed by atoms with van der Waals surface area (Å²) in [6.45, 7) is 13.3. The molecule has 0 aliphatic carbocycles. The zero-order valence-corrected chi connectivity index (χ0v) is 26.1. The van der Waals surface area contributed by atoms with Crippen molar-refractivity contribution in [2.24, 2.45) is 0 Å². The van der Waals surface area contributed by atoms with Gasteiger partial charge in [0.15, 0.2) is 0 Å². The van der Waals surface area contributed by atoms with E-state index in [4.69, 9.17) is 0 Å². The average Bonchev–Trinajstić information content (AvgIpc) is 3.47. The molecule has 6 aromatic rings. The first kappa shape index (κ1) is 27.8. The van der Waals surface area contributed by atoms with E-state index in [1.54, 1.807) is 6.07 Å². The molecule has 0 bridgehead atoms. The van der Waals surface area contributed by atoms with Gasteiger partial charge in [-0.05, 0) is 69.5 Å². The number of carbonyl (C=O) groups excluding carboxylic acids is 2. The summed E-state index contributed by atoms with van der Waals surface area (Å²) >= 11 is 0. The van der Waals surface area contributed by atoms with Crippen LogP contribution in [0, 0.1) is 0 Å². The summed E-state index contributed by atoms with van der Waals surface area (Å²) in [5.74, 6) is -0.604. The Morgan fingerprint density at radius 3 is 1.61 bits per heavy atom. The quantitative estimate of drug-likeness (QED) is 0.197. The zero-order valence-electron chi connectivity index (χ0n) is 26.1. The lowest BCUT2D eigenvalue weighted by Gasteiger charge is -2.20. The van der Waals surface area contributed by atoms with Crippen molar-refractivity contribution in [1.82, 2.24) is 4.57 Å². The largest absolute Gasteiger partial charge is 0.308 e. The molecule has 0 fully saturated rings. The fourth-order valence-corrected chi connectivity index (χ4v) is 6.33. The van der Waals surface area contributed by atoms with Crippen LogP contribution in [0.4, 0.5) is 5.69 Å². The van der Waals surface area contributed by atoms with Gasteiger partial charge in [-0.2, -0.15) is 0 Å². The number of hydrogen-bond acceptors (Lipinski definition) is 2. The second kappa shape index (κ2) is 9.78. The van der Waals surface area contributed by atoms with Crippen LogP contribution in [0.1, 0.15) is 73.4 Å². The average molecular weight is 577 g/mol. The Bertz CT molecular complexity index is 2030. The number of carbonyl (C=O) groups is 2. The van der Waals surface area contributed by atoms with Crippen LogP contribution < -0.4 is 4.90 Å². The van der Waals surface area contributed by atoms with Crippen LogP contribution in [0.2, 0.25) is 0 Å². The number of imide groups is 1.